The van der Waals surface area contributed by atoms with Gasteiger partial charge in [-0.15, -0.1) is 0 Å². The normalized spacial score (nSPS) is 11.9. The van der Waals surface area contributed by atoms with Gasteiger partial charge in [-0.3, -0.25) is 0 Å². The molecule has 0 fully saturated rings. The first-order valence-electron chi connectivity index (χ1n) is 9.91. The van der Waals surface area contributed by atoms with Gasteiger partial charge in [0, 0.05) is 0 Å². The Morgan fingerprint density at radius 3 is 2.04 bits per heavy atom. The molecule has 1 unspecified atom stereocenters. The van der Waals surface area contributed by atoms with Crippen molar-refractivity contribution in [3.05, 3.63) is 65.8 Å². The van der Waals surface area contributed by atoms with E-state index in [1.165, 1.54) is 30.4 Å². The second-order valence-corrected chi connectivity index (χ2v) is 5.14. The molecule has 0 aliphatic heterocycles. The lowest BCUT2D eigenvalue weighted by Crippen LogP contribution is -2.00. The van der Waals surface area contributed by atoms with Gasteiger partial charge in [-0.1, -0.05) is 123 Å². The lowest BCUT2D eigenvalue weighted by Gasteiger charge is -2.15. The van der Waals surface area contributed by atoms with Crippen molar-refractivity contribution >= 4 is 6.08 Å². The molecule has 0 nitrogen and oxygen atoms in total. The second kappa shape index (κ2) is 22.4. The molecule has 0 heteroatoms. The number of hydrogen-bond donors (Lipinski definition) is 0. The van der Waals surface area contributed by atoms with Crippen LogP contribution in [-0.4, -0.2) is 0 Å². The fourth-order valence-corrected chi connectivity index (χ4v) is 2.37. The molecular weight excluding hydrogens is 300 g/mol. The summed E-state index contributed by atoms with van der Waals surface area (Å²) in [4.78, 5) is 0. The Bertz CT molecular complexity index is 434. The van der Waals surface area contributed by atoms with Gasteiger partial charge in [-0.25, -0.2) is 0 Å². The number of rotatable bonds is 8. The molecular formula is C25H44. The summed E-state index contributed by atoms with van der Waals surface area (Å²) >= 11 is 0. The Morgan fingerprint density at radius 2 is 1.56 bits per heavy atom. The van der Waals surface area contributed by atoms with E-state index >= 15 is 0 Å². The molecule has 0 saturated carbocycles. The summed E-state index contributed by atoms with van der Waals surface area (Å²) in [5.74, 6) is 0.684. The van der Waals surface area contributed by atoms with Gasteiger partial charge in [0.15, 0.2) is 0 Å². The second-order valence-electron chi connectivity index (χ2n) is 5.14. The Morgan fingerprint density at radius 1 is 0.960 bits per heavy atom. The van der Waals surface area contributed by atoms with Gasteiger partial charge in [0.1, 0.15) is 0 Å². The number of benzene rings is 1. The summed E-state index contributed by atoms with van der Waals surface area (Å²) in [6.45, 7) is 14.7. The lowest BCUT2D eigenvalue weighted by molar-refractivity contribution is 0.544. The van der Waals surface area contributed by atoms with Crippen molar-refractivity contribution in [1.29, 1.82) is 0 Å². The van der Waals surface area contributed by atoms with E-state index in [-0.39, 0.29) is 7.43 Å². The maximum absolute atomic E-state index is 2.30. The first-order valence-corrected chi connectivity index (χ1v) is 9.91. The Labute approximate surface area is 159 Å². The van der Waals surface area contributed by atoms with Crippen molar-refractivity contribution in [3.8, 4) is 0 Å². The zero-order valence-electron chi connectivity index (χ0n) is 17.2. The molecule has 0 aliphatic rings. The van der Waals surface area contributed by atoms with Crippen molar-refractivity contribution in [2.45, 2.75) is 81.6 Å². The minimum Gasteiger partial charge on any atom is -0.0845 e. The van der Waals surface area contributed by atoms with Gasteiger partial charge in [-0.05, 0) is 36.3 Å². The monoisotopic (exact) mass is 344 g/mol. The van der Waals surface area contributed by atoms with Crippen molar-refractivity contribution in [1.82, 2.24) is 0 Å². The predicted molar refractivity (Wildman–Crippen MR) is 121 cm³/mol. The van der Waals surface area contributed by atoms with E-state index in [1.807, 2.05) is 27.7 Å². The third-order valence-corrected chi connectivity index (χ3v) is 3.52. The molecule has 0 aromatic heterocycles. The van der Waals surface area contributed by atoms with E-state index in [1.54, 1.807) is 0 Å². The molecule has 0 spiro atoms. The Balaban J connectivity index is -0.000000899. The minimum absolute atomic E-state index is 0. The van der Waals surface area contributed by atoms with Crippen molar-refractivity contribution in [2.24, 2.45) is 5.92 Å². The highest BCUT2D eigenvalue weighted by molar-refractivity contribution is 5.51. The van der Waals surface area contributed by atoms with Crippen LogP contribution < -0.4 is 0 Å². The largest absolute Gasteiger partial charge is 0.0845 e. The van der Waals surface area contributed by atoms with Crippen LogP contribution in [0.5, 0.6) is 0 Å². The predicted octanol–water partition coefficient (Wildman–Crippen LogP) is 9.11. The van der Waals surface area contributed by atoms with E-state index in [2.05, 4.69) is 81.5 Å². The highest BCUT2D eigenvalue weighted by atomic mass is 14.1. The fraction of sp³-hybridized carbons (Fsp3) is 0.520. The zero-order chi connectivity index (χ0) is 18.6. The maximum atomic E-state index is 2.30. The third-order valence-electron chi connectivity index (χ3n) is 3.52. The van der Waals surface area contributed by atoms with Crippen LogP contribution in [0, 0.1) is 5.92 Å². The van der Waals surface area contributed by atoms with Crippen LogP contribution in [0.1, 0.15) is 87.1 Å². The molecule has 25 heavy (non-hydrogen) atoms. The van der Waals surface area contributed by atoms with Crippen molar-refractivity contribution in [2.75, 3.05) is 0 Å². The van der Waals surface area contributed by atoms with Gasteiger partial charge in [0.25, 0.3) is 0 Å². The Kier molecular flexibility index (Phi) is 25.4. The van der Waals surface area contributed by atoms with Gasteiger partial charge in [0.05, 0.1) is 0 Å². The van der Waals surface area contributed by atoms with Gasteiger partial charge < -0.3 is 0 Å². The molecule has 0 heterocycles. The molecule has 1 aromatic carbocycles. The van der Waals surface area contributed by atoms with E-state index < -0.39 is 0 Å². The van der Waals surface area contributed by atoms with Gasteiger partial charge in [-0.2, -0.15) is 0 Å². The van der Waals surface area contributed by atoms with Gasteiger partial charge >= 0.3 is 0 Å². The minimum atomic E-state index is 0. The molecule has 0 radical (unpaired) electrons. The maximum Gasteiger partial charge on any atom is -0.0165 e. The van der Waals surface area contributed by atoms with E-state index in [0.29, 0.717) is 5.92 Å². The van der Waals surface area contributed by atoms with E-state index in [0.717, 1.165) is 6.42 Å². The van der Waals surface area contributed by atoms with Crippen LogP contribution in [0.3, 0.4) is 0 Å². The molecule has 0 bridgehead atoms. The van der Waals surface area contributed by atoms with E-state index in [9.17, 15) is 0 Å². The number of hydrogen-bond acceptors (Lipinski definition) is 0. The third kappa shape index (κ3) is 14.5. The molecule has 0 saturated heterocycles. The summed E-state index contributed by atoms with van der Waals surface area (Å²) in [5, 5.41) is 0. The molecule has 144 valence electrons. The zero-order valence-corrected chi connectivity index (χ0v) is 17.2. The summed E-state index contributed by atoms with van der Waals surface area (Å²) in [7, 11) is 0. The molecule has 1 rings (SSSR count). The Hall–Kier alpha value is -1.56. The average Bonchev–Trinajstić information content (AvgIpc) is 2.67. The lowest BCUT2D eigenvalue weighted by atomic mass is 9.91. The summed E-state index contributed by atoms with van der Waals surface area (Å²) in [5.41, 5.74) is 2.72. The fourth-order valence-electron chi connectivity index (χ4n) is 2.37. The average molecular weight is 345 g/mol. The first-order chi connectivity index (χ1) is 11.8. The molecule has 1 aromatic rings. The molecule has 0 N–H and O–H groups in total. The summed E-state index contributed by atoms with van der Waals surface area (Å²) in [6.07, 6.45) is 16.0. The van der Waals surface area contributed by atoms with Crippen molar-refractivity contribution < 1.29 is 0 Å². The number of allylic oxidation sites excluding steroid dienone is 5. The van der Waals surface area contributed by atoms with Crippen LogP contribution in [0.4, 0.5) is 0 Å². The van der Waals surface area contributed by atoms with Crippen LogP contribution >= 0.6 is 0 Å². The molecule has 1 atom stereocenters. The van der Waals surface area contributed by atoms with Crippen LogP contribution in [0.25, 0.3) is 6.08 Å². The molecule has 0 aliphatic carbocycles. The highest BCUT2D eigenvalue weighted by Crippen LogP contribution is 2.22. The van der Waals surface area contributed by atoms with Crippen molar-refractivity contribution in [3.63, 3.8) is 0 Å². The topological polar surface area (TPSA) is 0 Å². The van der Waals surface area contributed by atoms with Crippen LogP contribution in [0.2, 0.25) is 0 Å². The highest BCUT2D eigenvalue weighted by Gasteiger charge is 2.07. The van der Waals surface area contributed by atoms with Crippen LogP contribution in [-0.2, 0) is 0 Å². The summed E-state index contributed by atoms with van der Waals surface area (Å²) < 4.78 is 0. The standard InChI is InChI=1S/C20H28.2C2H6.CH4/c1-4-7-16-20(19(6-3)12-5-2)17-11-15-18-13-9-8-10-14-18;2*1-2;/h7-11,13-17,19H,4-6,12H2,1-3H3;2*1-2H3;1H4/b15-11+,16-7-,20-17+;;;. The summed E-state index contributed by atoms with van der Waals surface area (Å²) in [6, 6.07) is 10.5. The van der Waals surface area contributed by atoms with E-state index in [4.69, 9.17) is 0 Å². The quantitative estimate of drug-likeness (QED) is 0.412. The smallest absolute Gasteiger partial charge is 0.0165 e. The van der Waals surface area contributed by atoms with Crippen LogP contribution in [0.15, 0.2) is 60.2 Å². The molecule has 0 amide bonds. The first kappa shape index (κ1) is 28.3. The SMILES string of the molecule is C.CC.CC.CC\C=C/C(=C\C=C\c1ccccc1)C(CC)CCC. The van der Waals surface area contributed by atoms with Gasteiger partial charge in [0.2, 0.25) is 0 Å².